The number of carbonyl (C=O) groups excluding carboxylic acids is 1. The van der Waals surface area contributed by atoms with E-state index in [4.69, 9.17) is 26.1 Å². The molecular formula is C28H29ClFN5O3. The fraction of sp³-hybridized carbons (Fsp3) is 0.357. The van der Waals surface area contributed by atoms with Crippen molar-refractivity contribution >= 4 is 28.4 Å². The Morgan fingerprint density at radius 1 is 1.32 bits per heavy atom. The number of rotatable bonds is 7. The molecule has 0 spiro atoms. The lowest BCUT2D eigenvalue weighted by Gasteiger charge is -2.21. The zero-order valence-electron chi connectivity index (χ0n) is 21.7. The first-order chi connectivity index (χ1) is 18.2. The summed E-state index contributed by atoms with van der Waals surface area (Å²) in [5.41, 5.74) is 3.47. The molecule has 2 aromatic carbocycles. The van der Waals surface area contributed by atoms with Gasteiger partial charge in [0.25, 0.3) is 0 Å². The predicted molar refractivity (Wildman–Crippen MR) is 142 cm³/mol. The van der Waals surface area contributed by atoms with Crippen LogP contribution in [0.1, 0.15) is 49.6 Å². The quantitative estimate of drug-likeness (QED) is 0.337. The van der Waals surface area contributed by atoms with Crippen molar-refractivity contribution in [1.82, 2.24) is 25.1 Å². The lowest BCUT2D eigenvalue weighted by atomic mass is 10.0. The minimum atomic E-state index is -0.510. The molecule has 5 rings (SSSR count). The molecule has 3 atom stereocenters. The van der Waals surface area contributed by atoms with Gasteiger partial charge in [-0.3, -0.25) is 4.79 Å². The van der Waals surface area contributed by atoms with Crippen LogP contribution in [0.25, 0.3) is 22.3 Å². The van der Waals surface area contributed by atoms with Gasteiger partial charge in [-0.15, -0.1) is 0 Å². The maximum absolute atomic E-state index is 14.4. The Kier molecular flexibility index (Phi) is 7.32. The SMILES string of the molecule is Cc1cc(-c2ncnn2C)c2cccc(OCc3c(Cl)cc(F)cc3[C@H](C)NC(=O)[C@@H]3CC[C@H](C)O3)c2n1. The van der Waals surface area contributed by atoms with E-state index in [9.17, 15) is 9.18 Å². The van der Waals surface area contributed by atoms with Gasteiger partial charge in [0.15, 0.2) is 5.82 Å². The second-order valence-corrected chi connectivity index (χ2v) is 10.1. The number of ether oxygens (including phenoxy) is 2. The minimum absolute atomic E-state index is 0.0424. The van der Waals surface area contributed by atoms with E-state index in [1.54, 1.807) is 11.6 Å². The molecule has 1 aliphatic heterocycles. The molecular weight excluding hydrogens is 509 g/mol. The largest absolute Gasteiger partial charge is 0.487 e. The van der Waals surface area contributed by atoms with E-state index in [1.165, 1.54) is 18.5 Å². The Balaban J connectivity index is 1.44. The normalized spacial score (nSPS) is 18.1. The summed E-state index contributed by atoms with van der Waals surface area (Å²) in [5, 5.41) is 8.22. The van der Waals surface area contributed by atoms with Gasteiger partial charge in [0.2, 0.25) is 5.91 Å². The average molecular weight is 538 g/mol. The zero-order chi connectivity index (χ0) is 27.0. The van der Waals surface area contributed by atoms with E-state index in [1.807, 2.05) is 45.2 Å². The number of benzene rings is 2. The zero-order valence-corrected chi connectivity index (χ0v) is 22.4. The summed E-state index contributed by atoms with van der Waals surface area (Å²) in [6.07, 6.45) is 2.52. The molecule has 0 saturated carbocycles. The summed E-state index contributed by atoms with van der Waals surface area (Å²) >= 11 is 6.49. The van der Waals surface area contributed by atoms with Crippen molar-refractivity contribution in [3.8, 4) is 17.1 Å². The van der Waals surface area contributed by atoms with Gasteiger partial charge in [-0.2, -0.15) is 5.10 Å². The van der Waals surface area contributed by atoms with E-state index in [-0.39, 0.29) is 23.6 Å². The van der Waals surface area contributed by atoms with E-state index in [2.05, 4.69) is 15.4 Å². The lowest BCUT2D eigenvalue weighted by Crippen LogP contribution is -2.36. The fourth-order valence-corrected chi connectivity index (χ4v) is 5.15. The Hall–Kier alpha value is -3.56. The Bertz CT molecular complexity index is 1510. The maximum atomic E-state index is 14.4. The predicted octanol–water partition coefficient (Wildman–Crippen LogP) is 5.45. The molecule has 1 aliphatic rings. The molecule has 2 aromatic heterocycles. The molecule has 38 heavy (non-hydrogen) atoms. The summed E-state index contributed by atoms with van der Waals surface area (Å²) in [7, 11) is 1.84. The first-order valence-corrected chi connectivity index (χ1v) is 12.9. The van der Waals surface area contributed by atoms with Crippen molar-refractivity contribution in [1.29, 1.82) is 0 Å². The van der Waals surface area contributed by atoms with Crippen molar-refractivity contribution in [2.24, 2.45) is 7.05 Å². The summed E-state index contributed by atoms with van der Waals surface area (Å²) in [5.74, 6) is 0.549. The second kappa shape index (κ2) is 10.7. The van der Waals surface area contributed by atoms with Gasteiger partial charge in [-0.1, -0.05) is 23.7 Å². The molecule has 1 N–H and O–H groups in total. The molecule has 4 aromatic rings. The number of hydrogen-bond donors (Lipinski definition) is 1. The number of nitrogens with one attached hydrogen (secondary N) is 1. The van der Waals surface area contributed by atoms with Crippen LogP contribution in [0.4, 0.5) is 4.39 Å². The molecule has 10 heteroatoms. The Labute approximate surface area is 225 Å². The third-order valence-corrected chi connectivity index (χ3v) is 7.14. The summed E-state index contributed by atoms with van der Waals surface area (Å²) in [6.45, 7) is 5.70. The van der Waals surface area contributed by atoms with Crippen LogP contribution in [0.3, 0.4) is 0 Å². The van der Waals surface area contributed by atoms with Crippen molar-refractivity contribution < 1.29 is 18.7 Å². The molecule has 0 aliphatic carbocycles. The monoisotopic (exact) mass is 537 g/mol. The van der Waals surface area contributed by atoms with Crippen LogP contribution in [0, 0.1) is 12.7 Å². The van der Waals surface area contributed by atoms with E-state index in [0.717, 1.165) is 23.1 Å². The number of amides is 1. The highest BCUT2D eigenvalue weighted by atomic mass is 35.5. The smallest absolute Gasteiger partial charge is 0.249 e. The van der Waals surface area contributed by atoms with Crippen LogP contribution in [0.15, 0.2) is 42.7 Å². The van der Waals surface area contributed by atoms with E-state index >= 15 is 0 Å². The van der Waals surface area contributed by atoms with Crippen molar-refractivity contribution in [3.05, 3.63) is 70.4 Å². The van der Waals surface area contributed by atoms with Gasteiger partial charge in [-0.25, -0.2) is 19.0 Å². The number of carbonyl (C=O) groups is 1. The number of fused-ring (bicyclic) bond motifs is 1. The van der Waals surface area contributed by atoms with Crippen LogP contribution in [0.2, 0.25) is 5.02 Å². The molecule has 0 unspecified atom stereocenters. The van der Waals surface area contributed by atoms with Gasteiger partial charge in [0.1, 0.15) is 36.1 Å². The number of halogens is 2. The number of aryl methyl sites for hydroxylation is 2. The van der Waals surface area contributed by atoms with Crippen LogP contribution in [0.5, 0.6) is 5.75 Å². The van der Waals surface area contributed by atoms with Gasteiger partial charge < -0.3 is 14.8 Å². The van der Waals surface area contributed by atoms with Crippen molar-refractivity contribution in [2.45, 2.75) is 58.5 Å². The molecule has 1 amide bonds. The highest BCUT2D eigenvalue weighted by molar-refractivity contribution is 6.31. The number of pyridine rings is 1. The average Bonchev–Trinajstić information content (AvgIpc) is 3.50. The van der Waals surface area contributed by atoms with Crippen molar-refractivity contribution in [2.75, 3.05) is 0 Å². The molecule has 198 valence electrons. The van der Waals surface area contributed by atoms with Crippen LogP contribution >= 0.6 is 11.6 Å². The first-order valence-electron chi connectivity index (χ1n) is 12.5. The number of para-hydroxylation sites is 1. The summed E-state index contributed by atoms with van der Waals surface area (Å²) in [6, 6.07) is 9.75. The van der Waals surface area contributed by atoms with Crippen LogP contribution < -0.4 is 10.1 Å². The van der Waals surface area contributed by atoms with Crippen LogP contribution in [-0.2, 0) is 23.2 Å². The molecule has 1 fully saturated rings. The first kappa shape index (κ1) is 26.1. The molecule has 1 saturated heterocycles. The van der Waals surface area contributed by atoms with Crippen molar-refractivity contribution in [3.63, 3.8) is 0 Å². The number of nitrogens with zero attached hydrogens (tertiary/aromatic N) is 4. The van der Waals surface area contributed by atoms with E-state index in [0.29, 0.717) is 34.6 Å². The van der Waals surface area contributed by atoms with Crippen LogP contribution in [-0.4, -0.2) is 37.9 Å². The van der Waals surface area contributed by atoms with E-state index < -0.39 is 18.0 Å². The van der Waals surface area contributed by atoms with Gasteiger partial charge in [-0.05, 0) is 63.4 Å². The van der Waals surface area contributed by atoms with Gasteiger partial charge in [0.05, 0.1) is 17.2 Å². The number of hydrogen-bond acceptors (Lipinski definition) is 6. The van der Waals surface area contributed by atoms with Gasteiger partial charge in [0, 0.05) is 29.3 Å². The summed E-state index contributed by atoms with van der Waals surface area (Å²) in [4.78, 5) is 21.9. The standard InChI is InChI=1S/C28H29ClFN5O3/c1-15-10-21(27-31-14-32-35(27)4)19-6-5-7-24(26(19)33-15)37-13-22-20(11-18(30)12-23(22)29)17(3)34-28(36)25-9-8-16(2)38-25/h5-7,10-12,14,16-17,25H,8-9,13H2,1-4H3,(H,34,36)/t16-,17-,25-/m0/s1. The minimum Gasteiger partial charge on any atom is -0.487 e. The molecule has 3 heterocycles. The summed E-state index contributed by atoms with van der Waals surface area (Å²) < 4.78 is 28.0. The van der Waals surface area contributed by atoms with Gasteiger partial charge >= 0.3 is 0 Å². The fourth-order valence-electron chi connectivity index (χ4n) is 4.88. The maximum Gasteiger partial charge on any atom is 0.249 e. The highest BCUT2D eigenvalue weighted by Crippen LogP contribution is 2.34. The topological polar surface area (TPSA) is 91.2 Å². The molecule has 0 radical (unpaired) electrons. The third kappa shape index (κ3) is 5.21. The Morgan fingerprint density at radius 2 is 2.13 bits per heavy atom. The lowest BCUT2D eigenvalue weighted by molar-refractivity contribution is -0.132. The second-order valence-electron chi connectivity index (χ2n) is 9.66. The molecule has 0 bridgehead atoms. The highest BCUT2D eigenvalue weighted by Gasteiger charge is 2.29. The third-order valence-electron chi connectivity index (χ3n) is 6.80. The number of aromatic nitrogens is 4. The molecule has 8 nitrogen and oxygen atoms in total. The Morgan fingerprint density at radius 3 is 2.84 bits per heavy atom.